The molecule has 4 aliphatic rings. The van der Waals surface area contributed by atoms with Crippen molar-refractivity contribution in [2.24, 2.45) is 13.0 Å². The highest BCUT2D eigenvalue weighted by atomic mass is 19.1. The van der Waals surface area contributed by atoms with Crippen LogP contribution in [0.1, 0.15) is 35.3 Å². The first-order chi connectivity index (χ1) is 17.9. The number of aryl methyl sites for hydroxylation is 2. The minimum Gasteiger partial charge on any atom is -0.373 e. The Labute approximate surface area is 213 Å². The van der Waals surface area contributed by atoms with Gasteiger partial charge in [-0.05, 0) is 44.2 Å². The van der Waals surface area contributed by atoms with Crippen LogP contribution < -0.4 is 15.5 Å². The second-order valence-electron chi connectivity index (χ2n) is 10.9. The number of imidazole rings is 1. The highest BCUT2D eigenvalue weighted by Gasteiger charge is 2.51. The van der Waals surface area contributed by atoms with E-state index in [0.717, 1.165) is 49.7 Å². The fraction of sp³-hybridized carbons (Fsp3) is 0.444. The van der Waals surface area contributed by atoms with E-state index in [1.807, 2.05) is 25.4 Å². The molecule has 0 radical (unpaired) electrons. The quantitative estimate of drug-likeness (QED) is 0.420. The standard InChI is InChI=1S/C27H30FN7O2/c1-16-10-35-12-19(7-22(28)25(35)30-16)31-26(36)20-3-4-23(21-13-33(2)32-24(20)21)34-6-5-18(11-34)29-15-27-8-17(9-27)14-37-27/h3-4,7,10,12-13,17-18,29H,5-6,8-9,11,14-15H2,1-2H3,(H,31,36)/t17?,18-,27?/m1/s1. The Bertz CT molecular complexity index is 1530. The Morgan fingerprint density at radius 3 is 2.95 bits per heavy atom. The number of nitrogens with zero attached hydrogens (tertiary/aromatic N) is 5. The van der Waals surface area contributed by atoms with Crippen LogP contribution in [0.4, 0.5) is 15.8 Å². The van der Waals surface area contributed by atoms with Crippen molar-refractivity contribution in [1.82, 2.24) is 24.5 Å². The predicted molar refractivity (Wildman–Crippen MR) is 139 cm³/mol. The first-order valence-corrected chi connectivity index (χ1v) is 12.9. The zero-order valence-electron chi connectivity index (χ0n) is 21.0. The molecule has 3 aromatic heterocycles. The minimum atomic E-state index is -0.488. The largest absolute Gasteiger partial charge is 0.373 e. The van der Waals surface area contributed by atoms with E-state index in [9.17, 15) is 9.18 Å². The molecule has 1 amide bonds. The Kier molecular flexibility index (Phi) is 5.06. The minimum absolute atomic E-state index is 0.0772. The number of halogens is 1. The van der Waals surface area contributed by atoms with Gasteiger partial charge in [0.2, 0.25) is 0 Å². The van der Waals surface area contributed by atoms with Crippen LogP contribution in [-0.2, 0) is 11.8 Å². The number of fused-ring (bicyclic) bond motifs is 3. The summed E-state index contributed by atoms with van der Waals surface area (Å²) in [4.78, 5) is 19.8. The van der Waals surface area contributed by atoms with Crippen molar-refractivity contribution < 1.29 is 13.9 Å². The molecular formula is C27H30FN7O2. The molecule has 0 spiro atoms. The first kappa shape index (κ1) is 22.7. The third-order valence-corrected chi connectivity index (χ3v) is 8.09. The van der Waals surface area contributed by atoms with Crippen molar-refractivity contribution in [2.45, 2.75) is 37.8 Å². The number of hydrogen-bond donors (Lipinski definition) is 2. The number of nitrogens with one attached hydrogen (secondary N) is 2. The Hall–Kier alpha value is -3.50. The van der Waals surface area contributed by atoms with Crippen LogP contribution in [0, 0.1) is 18.7 Å². The average Bonchev–Trinajstić information content (AvgIpc) is 3.64. The van der Waals surface area contributed by atoms with Crippen LogP contribution in [0.2, 0.25) is 0 Å². The average molecular weight is 504 g/mol. The molecule has 2 N–H and O–H groups in total. The maximum absolute atomic E-state index is 14.5. The first-order valence-electron chi connectivity index (χ1n) is 12.9. The van der Waals surface area contributed by atoms with Crippen LogP contribution in [0.25, 0.3) is 16.6 Å². The number of hydrogen-bond acceptors (Lipinski definition) is 6. The van der Waals surface area contributed by atoms with E-state index in [4.69, 9.17) is 4.74 Å². The lowest BCUT2D eigenvalue weighted by Crippen LogP contribution is -2.49. The molecule has 8 rings (SSSR count). The van der Waals surface area contributed by atoms with Gasteiger partial charge in [-0.2, -0.15) is 5.10 Å². The zero-order chi connectivity index (χ0) is 25.3. The maximum atomic E-state index is 14.5. The van der Waals surface area contributed by atoms with Gasteiger partial charge in [0.15, 0.2) is 11.5 Å². The molecule has 3 saturated heterocycles. The van der Waals surface area contributed by atoms with Gasteiger partial charge in [0.05, 0.1) is 29.2 Å². The number of benzene rings is 1. The fourth-order valence-corrected chi connectivity index (χ4v) is 6.31. The smallest absolute Gasteiger partial charge is 0.257 e. The lowest BCUT2D eigenvalue weighted by molar-refractivity contribution is 0.00105. The molecule has 1 aliphatic carbocycles. The van der Waals surface area contributed by atoms with Crippen LogP contribution in [0.3, 0.4) is 0 Å². The number of rotatable bonds is 6. The summed E-state index contributed by atoms with van der Waals surface area (Å²) in [6, 6.07) is 5.51. The molecule has 0 unspecified atom stereocenters. The van der Waals surface area contributed by atoms with Crippen molar-refractivity contribution in [1.29, 1.82) is 0 Å². The van der Waals surface area contributed by atoms with E-state index in [0.29, 0.717) is 28.5 Å². The van der Waals surface area contributed by atoms with Gasteiger partial charge in [0.1, 0.15) is 5.52 Å². The number of carbonyl (C=O) groups excluding carboxylic acids is 1. The van der Waals surface area contributed by atoms with Crippen molar-refractivity contribution >= 4 is 33.8 Å². The molecule has 1 atom stereocenters. The highest BCUT2D eigenvalue weighted by Crippen LogP contribution is 2.48. The number of amides is 1. The molecule has 4 aromatic rings. The molecule has 6 heterocycles. The summed E-state index contributed by atoms with van der Waals surface area (Å²) in [5.74, 6) is -0.0486. The molecule has 1 aromatic carbocycles. The van der Waals surface area contributed by atoms with E-state index in [1.54, 1.807) is 28.4 Å². The van der Waals surface area contributed by atoms with Gasteiger partial charge in [-0.1, -0.05) is 0 Å². The third kappa shape index (κ3) is 3.86. The summed E-state index contributed by atoms with van der Waals surface area (Å²) in [5, 5.41) is 12.1. The van der Waals surface area contributed by atoms with Gasteiger partial charge < -0.3 is 24.7 Å². The molecule has 192 valence electrons. The lowest BCUT2D eigenvalue weighted by Gasteiger charge is -2.37. The van der Waals surface area contributed by atoms with Crippen molar-refractivity contribution in [3.63, 3.8) is 0 Å². The van der Waals surface area contributed by atoms with Crippen LogP contribution in [0.15, 0.2) is 36.8 Å². The summed E-state index contributed by atoms with van der Waals surface area (Å²) >= 11 is 0. The van der Waals surface area contributed by atoms with E-state index in [1.165, 1.54) is 18.9 Å². The predicted octanol–water partition coefficient (Wildman–Crippen LogP) is 3.27. The molecule has 3 aliphatic heterocycles. The van der Waals surface area contributed by atoms with Crippen molar-refractivity contribution in [3.05, 3.63) is 53.9 Å². The molecule has 4 fully saturated rings. The van der Waals surface area contributed by atoms with Gasteiger partial charge in [0, 0.05) is 68.5 Å². The number of ether oxygens (including phenoxy) is 1. The van der Waals surface area contributed by atoms with Gasteiger partial charge >= 0.3 is 0 Å². The second-order valence-corrected chi connectivity index (χ2v) is 10.9. The Morgan fingerprint density at radius 1 is 1.27 bits per heavy atom. The van der Waals surface area contributed by atoms with Crippen molar-refractivity contribution in [3.8, 4) is 0 Å². The summed E-state index contributed by atoms with van der Waals surface area (Å²) < 4.78 is 23.8. The summed E-state index contributed by atoms with van der Waals surface area (Å²) in [6.07, 6.45) is 8.80. The fourth-order valence-electron chi connectivity index (χ4n) is 6.31. The number of carbonyl (C=O) groups is 1. The molecule has 10 heteroatoms. The molecule has 2 bridgehead atoms. The maximum Gasteiger partial charge on any atom is 0.257 e. The van der Waals surface area contributed by atoms with Gasteiger partial charge in [-0.15, -0.1) is 0 Å². The van der Waals surface area contributed by atoms with E-state index in [-0.39, 0.29) is 17.2 Å². The lowest BCUT2D eigenvalue weighted by atomic mass is 9.74. The van der Waals surface area contributed by atoms with Crippen molar-refractivity contribution in [2.75, 3.05) is 36.5 Å². The summed E-state index contributed by atoms with van der Waals surface area (Å²) in [7, 11) is 1.86. The summed E-state index contributed by atoms with van der Waals surface area (Å²) in [5.41, 5.74) is 3.53. The topological polar surface area (TPSA) is 88.7 Å². The monoisotopic (exact) mass is 503 g/mol. The Balaban J connectivity index is 1.10. The highest BCUT2D eigenvalue weighted by molar-refractivity contribution is 6.13. The van der Waals surface area contributed by atoms with E-state index >= 15 is 0 Å². The Morgan fingerprint density at radius 2 is 2.14 bits per heavy atom. The van der Waals surface area contributed by atoms with E-state index in [2.05, 4.69) is 25.6 Å². The third-order valence-electron chi connectivity index (χ3n) is 8.09. The second kappa shape index (κ2) is 8.26. The molecule has 1 saturated carbocycles. The number of pyridine rings is 1. The van der Waals surface area contributed by atoms with Gasteiger partial charge in [0.25, 0.3) is 5.91 Å². The van der Waals surface area contributed by atoms with Gasteiger partial charge in [-0.25, -0.2) is 9.37 Å². The van der Waals surface area contributed by atoms with Crippen LogP contribution in [-0.4, -0.2) is 63.0 Å². The van der Waals surface area contributed by atoms with Crippen LogP contribution in [0.5, 0.6) is 0 Å². The number of anilines is 2. The normalized spacial score (nSPS) is 24.8. The zero-order valence-corrected chi connectivity index (χ0v) is 21.0. The van der Waals surface area contributed by atoms with Crippen LogP contribution >= 0.6 is 0 Å². The SMILES string of the molecule is Cc1cn2cc(NC(=O)c3ccc(N4CC[C@@H](NCC56CC(CO5)C6)C4)c4cn(C)nc34)cc(F)c2n1. The molecule has 37 heavy (non-hydrogen) atoms. The number of aromatic nitrogens is 4. The van der Waals surface area contributed by atoms with E-state index < -0.39 is 5.82 Å². The molecule has 9 nitrogen and oxygen atoms in total. The molecular weight excluding hydrogens is 473 g/mol. The summed E-state index contributed by atoms with van der Waals surface area (Å²) in [6.45, 7) is 5.49. The van der Waals surface area contributed by atoms with Gasteiger partial charge in [-0.3, -0.25) is 9.48 Å².